The summed E-state index contributed by atoms with van der Waals surface area (Å²) >= 11 is 4.36. The van der Waals surface area contributed by atoms with E-state index in [0.717, 1.165) is 11.3 Å². The number of aryl methyl sites for hydroxylation is 1. The van der Waals surface area contributed by atoms with Crippen LogP contribution in [0.4, 0.5) is 5.13 Å². The zero-order valence-electron chi connectivity index (χ0n) is 20.8. The van der Waals surface area contributed by atoms with Gasteiger partial charge in [-0.15, -0.1) is 0 Å². The van der Waals surface area contributed by atoms with Crippen LogP contribution < -0.4 is 9.64 Å². The molecule has 0 fully saturated rings. The van der Waals surface area contributed by atoms with E-state index in [1.165, 1.54) is 24.2 Å². The molecule has 4 aromatic rings. The smallest absolute Gasteiger partial charge is 0.350 e. The van der Waals surface area contributed by atoms with Gasteiger partial charge >= 0.3 is 5.97 Å². The lowest BCUT2D eigenvalue weighted by Gasteiger charge is -2.24. The second-order valence-corrected chi connectivity index (χ2v) is 10.4. The fourth-order valence-corrected chi connectivity index (χ4v) is 5.75. The number of amides is 1. The Hall–Kier alpha value is -4.22. The van der Waals surface area contributed by atoms with E-state index in [-0.39, 0.29) is 27.9 Å². The average Bonchev–Trinajstić information content (AvgIpc) is 3.60. The molecule has 2 aromatic heterocycles. The number of halogens is 1. The largest absolute Gasteiger partial charge is 0.503 e. The number of thiazole rings is 1. The number of aliphatic hydroxyl groups is 1. The molecule has 39 heavy (non-hydrogen) atoms. The number of anilines is 1. The third-order valence-corrected chi connectivity index (χ3v) is 7.71. The summed E-state index contributed by atoms with van der Waals surface area (Å²) in [6, 6.07) is 12.7. The Bertz CT molecular complexity index is 1690. The number of esters is 1. The van der Waals surface area contributed by atoms with Gasteiger partial charge < -0.3 is 19.0 Å². The van der Waals surface area contributed by atoms with Gasteiger partial charge in [0.2, 0.25) is 5.78 Å². The number of rotatable bonds is 8. The third-order valence-electron chi connectivity index (χ3n) is 6.08. The Kier molecular flexibility index (Phi) is 7.11. The Labute approximate surface area is 235 Å². The molecule has 1 aliphatic heterocycles. The number of hydrogen-bond acceptors (Lipinski definition) is 9. The van der Waals surface area contributed by atoms with Crippen molar-refractivity contribution in [2.45, 2.75) is 13.0 Å². The maximum atomic E-state index is 13.9. The molecule has 11 heteroatoms. The number of carbonyl (C=O) groups is 3. The Morgan fingerprint density at radius 2 is 2.03 bits per heavy atom. The molecule has 3 heterocycles. The number of hydrogen-bond donors (Lipinski definition) is 1. The molecule has 0 aliphatic carbocycles. The number of para-hydroxylation sites is 1. The van der Waals surface area contributed by atoms with E-state index in [1.807, 2.05) is 0 Å². The van der Waals surface area contributed by atoms with Crippen molar-refractivity contribution in [3.63, 3.8) is 0 Å². The monoisotopic (exact) mass is 608 g/mol. The highest BCUT2D eigenvalue weighted by Crippen LogP contribution is 2.44. The minimum atomic E-state index is -1.06. The number of carbonyl (C=O) groups excluding carboxylic acids is 3. The Balaban J connectivity index is 1.63. The van der Waals surface area contributed by atoms with E-state index in [4.69, 9.17) is 13.9 Å². The molecule has 1 unspecified atom stereocenters. The van der Waals surface area contributed by atoms with E-state index in [9.17, 15) is 19.5 Å². The number of furan rings is 1. The van der Waals surface area contributed by atoms with Crippen molar-refractivity contribution in [2.75, 3.05) is 18.6 Å². The van der Waals surface area contributed by atoms with Crippen LogP contribution in [-0.4, -0.2) is 41.5 Å². The summed E-state index contributed by atoms with van der Waals surface area (Å²) in [6.45, 7) is 5.16. The van der Waals surface area contributed by atoms with Gasteiger partial charge in [0.05, 0.1) is 24.4 Å². The van der Waals surface area contributed by atoms with Gasteiger partial charge in [-0.25, -0.2) is 9.78 Å². The molecule has 0 radical (unpaired) electrons. The predicted octanol–water partition coefficient (Wildman–Crippen LogP) is 6.09. The molecule has 0 saturated heterocycles. The SMILES string of the molecule is C=CCOC(=O)c1sc(N2C(=O)C(O)=C(C(=O)c3cc4cccc(OC)c4o3)C2c2cccc(Br)c2)nc1C. The number of ketones is 1. The standard InChI is InChI=1S/C28H21BrN2O7S/c1-4-11-37-27(35)25-14(2)30-28(39-25)31-21(15-7-5-9-17(29)12-15)20(23(33)26(31)34)22(32)19-13-16-8-6-10-18(36-3)24(16)38-19/h4-10,12-13,21,33H,1,11H2,2-3H3. The number of aromatic nitrogens is 1. The number of Topliss-reactive ketones (excluding diaryl/α,β-unsaturated/α-hetero) is 1. The minimum absolute atomic E-state index is 0.0120. The van der Waals surface area contributed by atoms with Crippen molar-refractivity contribution in [1.82, 2.24) is 4.98 Å². The topological polar surface area (TPSA) is 119 Å². The van der Waals surface area contributed by atoms with Gasteiger partial charge in [-0.2, -0.15) is 0 Å². The first-order valence-electron chi connectivity index (χ1n) is 11.6. The van der Waals surface area contributed by atoms with E-state index in [1.54, 1.807) is 49.4 Å². The lowest BCUT2D eigenvalue weighted by Crippen LogP contribution is -2.31. The van der Waals surface area contributed by atoms with Gasteiger partial charge in [0.15, 0.2) is 28.0 Å². The maximum Gasteiger partial charge on any atom is 0.350 e. The van der Waals surface area contributed by atoms with Crippen molar-refractivity contribution < 1.29 is 33.4 Å². The molecule has 9 nitrogen and oxygen atoms in total. The summed E-state index contributed by atoms with van der Waals surface area (Å²) in [5.74, 6) is -2.50. The molecule has 0 saturated carbocycles. The van der Waals surface area contributed by atoms with Crippen LogP contribution in [0.3, 0.4) is 0 Å². The van der Waals surface area contributed by atoms with Gasteiger partial charge in [-0.05, 0) is 36.8 Å². The van der Waals surface area contributed by atoms with Crippen molar-refractivity contribution >= 4 is 61.0 Å². The second-order valence-electron chi connectivity index (χ2n) is 8.51. The lowest BCUT2D eigenvalue weighted by molar-refractivity contribution is -0.117. The summed E-state index contributed by atoms with van der Waals surface area (Å²) < 4.78 is 17.0. The highest BCUT2D eigenvalue weighted by molar-refractivity contribution is 9.10. The summed E-state index contributed by atoms with van der Waals surface area (Å²) in [5, 5.41) is 11.8. The van der Waals surface area contributed by atoms with Crippen molar-refractivity contribution in [1.29, 1.82) is 0 Å². The van der Waals surface area contributed by atoms with Crippen molar-refractivity contribution in [3.8, 4) is 5.75 Å². The van der Waals surface area contributed by atoms with Crippen LogP contribution >= 0.6 is 27.3 Å². The van der Waals surface area contributed by atoms with Gasteiger partial charge in [0.25, 0.3) is 5.91 Å². The fraction of sp³-hybridized carbons (Fsp3) is 0.143. The number of methoxy groups -OCH3 is 1. The molecule has 1 amide bonds. The third kappa shape index (κ3) is 4.64. The Morgan fingerprint density at radius 3 is 2.74 bits per heavy atom. The fourth-order valence-electron chi connectivity index (χ4n) is 4.34. The van der Waals surface area contributed by atoms with Crippen LogP contribution in [-0.2, 0) is 9.53 Å². The van der Waals surface area contributed by atoms with Gasteiger partial charge in [-0.3, -0.25) is 14.5 Å². The molecule has 1 aliphatic rings. The molecule has 1 atom stereocenters. The van der Waals surface area contributed by atoms with Gasteiger partial charge in [0, 0.05) is 9.86 Å². The lowest BCUT2D eigenvalue weighted by atomic mass is 9.95. The van der Waals surface area contributed by atoms with Crippen LogP contribution in [0.5, 0.6) is 5.75 Å². The number of benzene rings is 2. The highest BCUT2D eigenvalue weighted by Gasteiger charge is 2.47. The zero-order valence-corrected chi connectivity index (χ0v) is 23.2. The molecule has 0 spiro atoms. The van der Waals surface area contributed by atoms with Crippen LogP contribution in [0.2, 0.25) is 0 Å². The summed E-state index contributed by atoms with van der Waals surface area (Å²) in [4.78, 5) is 45.7. The van der Waals surface area contributed by atoms with Crippen LogP contribution in [0.25, 0.3) is 11.0 Å². The molecule has 198 valence electrons. The first kappa shape index (κ1) is 26.4. The Morgan fingerprint density at radius 1 is 1.26 bits per heavy atom. The predicted molar refractivity (Wildman–Crippen MR) is 148 cm³/mol. The summed E-state index contributed by atoms with van der Waals surface area (Å²) in [6.07, 6.45) is 1.44. The molecule has 5 rings (SSSR count). The van der Waals surface area contributed by atoms with Crippen LogP contribution in [0.1, 0.15) is 37.5 Å². The summed E-state index contributed by atoms with van der Waals surface area (Å²) in [5.41, 5.74) is 1.05. The van der Waals surface area contributed by atoms with Crippen LogP contribution in [0, 0.1) is 6.92 Å². The highest BCUT2D eigenvalue weighted by atomic mass is 79.9. The molecular weight excluding hydrogens is 588 g/mol. The van der Waals surface area contributed by atoms with Crippen molar-refractivity contribution in [3.05, 3.63) is 98.9 Å². The average molecular weight is 609 g/mol. The minimum Gasteiger partial charge on any atom is -0.503 e. The molecule has 1 N–H and O–H groups in total. The van der Waals surface area contributed by atoms with E-state index < -0.39 is 29.5 Å². The first-order chi connectivity index (χ1) is 18.7. The number of nitrogens with zero attached hydrogens (tertiary/aromatic N) is 2. The van der Waals surface area contributed by atoms with Crippen molar-refractivity contribution in [2.24, 2.45) is 0 Å². The second kappa shape index (κ2) is 10.5. The van der Waals surface area contributed by atoms with E-state index in [0.29, 0.717) is 32.4 Å². The summed E-state index contributed by atoms with van der Waals surface area (Å²) in [7, 11) is 1.49. The number of aliphatic hydroxyl groups excluding tert-OH is 1. The molecular formula is C28H21BrN2O7S. The normalized spacial score (nSPS) is 15.2. The first-order valence-corrected chi connectivity index (χ1v) is 13.2. The quantitative estimate of drug-likeness (QED) is 0.145. The molecule has 2 aromatic carbocycles. The zero-order chi connectivity index (χ0) is 27.8. The maximum absolute atomic E-state index is 13.9. The number of fused-ring (bicyclic) bond motifs is 1. The molecule has 0 bridgehead atoms. The van der Waals surface area contributed by atoms with Gasteiger partial charge in [0.1, 0.15) is 11.5 Å². The number of ether oxygens (including phenoxy) is 2. The van der Waals surface area contributed by atoms with E-state index >= 15 is 0 Å². The van der Waals surface area contributed by atoms with Gasteiger partial charge in [-0.1, -0.05) is 64.2 Å². The van der Waals surface area contributed by atoms with Crippen LogP contribution in [0.15, 0.2) is 81.4 Å². The van der Waals surface area contributed by atoms with E-state index in [2.05, 4.69) is 27.5 Å².